The fourth-order valence-electron chi connectivity index (χ4n) is 4.07. The number of rotatable bonds is 4. The summed E-state index contributed by atoms with van der Waals surface area (Å²) < 4.78 is 13.9. The van der Waals surface area contributed by atoms with Crippen LogP contribution in [-0.4, -0.2) is 30.3 Å². The van der Waals surface area contributed by atoms with Crippen molar-refractivity contribution in [3.8, 4) is 11.8 Å². The van der Waals surface area contributed by atoms with Crippen molar-refractivity contribution in [2.45, 2.75) is 26.0 Å². The van der Waals surface area contributed by atoms with Gasteiger partial charge in [0.25, 0.3) is 0 Å². The second-order valence-electron chi connectivity index (χ2n) is 6.92. The molecule has 0 amide bonds. The first-order chi connectivity index (χ1) is 13.0. The molecule has 1 unspecified atom stereocenters. The van der Waals surface area contributed by atoms with Crippen LogP contribution in [0, 0.1) is 18.3 Å². The molecule has 1 aliphatic rings. The predicted octanol–water partition coefficient (Wildman–Crippen LogP) is 3.56. The number of benzene rings is 2. The van der Waals surface area contributed by atoms with Crippen LogP contribution in [0.5, 0.6) is 5.75 Å². The van der Waals surface area contributed by atoms with Gasteiger partial charge in [0.15, 0.2) is 5.72 Å². The third-order valence-electron chi connectivity index (χ3n) is 5.49. The molecule has 0 radical (unpaired) electrons. The van der Waals surface area contributed by atoms with Crippen molar-refractivity contribution in [1.29, 1.82) is 5.26 Å². The van der Waals surface area contributed by atoms with E-state index in [1.54, 1.807) is 32.7 Å². The van der Waals surface area contributed by atoms with Crippen LogP contribution < -0.4 is 10.1 Å². The summed E-state index contributed by atoms with van der Waals surface area (Å²) in [5.41, 5.74) is 5.98. The van der Waals surface area contributed by atoms with Crippen molar-refractivity contribution in [2.75, 3.05) is 26.1 Å². The third-order valence-corrected chi connectivity index (χ3v) is 5.49. The summed E-state index contributed by atoms with van der Waals surface area (Å²) in [6.07, 6.45) is 2.68. The van der Waals surface area contributed by atoms with Crippen molar-refractivity contribution < 1.29 is 9.47 Å². The maximum absolute atomic E-state index is 9.16. The molecule has 0 bridgehead atoms. The highest BCUT2D eigenvalue weighted by molar-refractivity contribution is 5.78. The number of aryl methyl sites for hydroxylation is 1. The van der Waals surface area contributed by atoms with Crippen LogP contribution in [0.3, 0.4) is 0 Å². The molecule has 0 saturated heterocycles. The minimum atomic E-state index is -0.807. The number of methoxy groups -OCH3 is 2. The molecule has 0 spiro atoms. The Morgan fingerprint density at radius 2 is 2.11 bits per heavy atom. The summed E-state index contributed by atoms with van der Waals surface area (Å²) in [6.45, 7) is 5.01. The SMILES string of the molecule is COc1cc(C)c2c(c1C(C)(OC)n1cnc3cc(C#N)ccc31)CCN2. The molecule has 138 valence electrons. The van der Waals surface area contributed by atoms with Gasteiger partial charge in [-0.15, -0.1) is 0 Å². The summed E-state index contributed by atoms with van der Waals surface area (Å²) in [5.74, 6) is 0.801. The summed E-state index contributed by atoms with van der Waals surface area (Å²) >= 11 is 0. The van der Waals surface area contributed by atoms with Gasteiger partial charge in [-0.05, 0) is 55.7 Å². The molecule has 1 aliphatic heterocycles. The topological polar surface area (TPSA) is 72.1 Å². The number of aromatic nitrogens is 2. The Balaban J connectivity index is 2.00. The van der Waals surface area contributed by atoms with E-state index in [0.29, 0.717) is 5.56 Å². The maximum atomic E-state index is 9.16. The number of anilines is 1. The zero-order valence-electron chi connectivity index (χ0n) is 16.0. The van der Waals surface area contributed by atoms with Gasteiger partial charge in [0.2, 0.25) is 0 Å². The zero-order valence-corrected chi connectivity index (χ0v) is 16.0. The molecule has 27 heavy (non-hydrogen) atoms. The van der Waals surface area contributed by atoms with Crippen molar-refractivity contribution in [3.05, 3.63) is 52.8 Å². The van der Waals surface area contributed by atoms with Gasteiger partial charge in [0, 0.05) is 19.3 Å². The van der Waals surface area contributed by atoms with Gasteiger partial charge in [0.1, 0.15) is 5.75 Å². The van der Waals surface area contributed by atoms with Gasteiger partial charge in [-0.25, -0.2) is 4.98 Å². The Labute approximate surface area is 158 Å². The van der Waals surface area contributed by atoms with E-state index in [-0.39, 0.29) is 0 Å². The zero-order chi connectivity index (χ0) is 19.2. The molecule has 0 saturated carbocycles. The quantitative estimate of drug-likeness (QED) is 0.768. The monoisotopic (exact) mass is 362 g/mol. The van der Waals surface area contributed by atoms with E-state index < -0.39 is 5.72 Å². The summed E-state index contributed by atoms with van der Waals surface area (Å²) in [5, 5.41) is 12.6. The van der Waals surface area contributed by atoms with Crippen LogP contribution in [0.2, 0.25) is 0 Å². The Morgan fingerprint density at radius 1 is 1.30 bits per heavy atom. The number of nitrogens with one attached hydrogen (secondary N) is 1. The lowest BCUT2D eigenvalue weighted by molar-refractivity contribution is -0.0235. The Hall–Kier alpha value is -3.04. The molecule has 1 aromatic heterocycles. The lowest BCUT2D eigenvalue weighted by atomic mass is 9.92. The van der Waals surface area contributed by atoms with Crippen molar-refractivity contribution in [2.24, 2.45) is 0 Å². The summed E-state index contributed by atoms with van der Waals surface area (Å²) in [4.78, 5) is 4.51. The molecule has 1 atom stereocenters. The number of nitrogens with zero attached hydrogens (tertiary/aromatic N) is 3. The molecular weight excluding hydrogens is 340 g/mol. The van der Waals surface area contributed by atoms with Crippen LogP contribution in [0.15, 0.2) is 30.6 Å². The van der Waals surface area contributed by atoms with Crippen molar-refractivity contribution in [3.63, 3.8) is 0 Å². The summed E-state index contributed by atoms with van der Waals surface area (Å²) in [6, 6.07) is 9.72. The molecule has 0 fully saturated rings. The number of nitriles is 1. The third kappa shape index (κ3) is 2.47. The molecule has 0 aliphatic carbocycles. The highest BCUT2D eigenvalue weighted by atomic mass is 16.5. The average Bonchev–Trinajstić information content (AvgIpc) is 3.34. The minimum absolute atomic E-state index is 0.588. The standard InChI is InChI=1S/C21H22N4O2/c1-13-9-18(26-3)19(15-7-8-23-20(13)15)21(2,27-4)25-12-24-16-10-14(11-22)5-6-17(16)25/h5-6,9-10,12,23H,7-8H2,1-4H3. The Bertz CT molecular complexity index is 1080. The highest BCUT2D eigenvalue weighted by Crippen LogP contribution is 2.44. The molecule has 6 nitrogen and oxygen atoms in total. The van der Waals surface area contributed by atoms with Gasteiger partial charge < -0.3 is 14.8 Å². The smallest absolute Gasteiger partial charge is 0.172 e. The molecule has 2 heterocycles. The lowest BCUT2D eigenvalue weighted by Crippen LogP contribution is -2.34. The van der Waals surface area contributed by atoms with Crippen LogP contribution >= 0.6 is 0 Å². The second-order valence-corrected chi connectivity index (χ2v) is 6.92. The van der Waals surface area contributed by atoms with Crippen molar-refractivity contribution >= 4 is 16.7 Å². The van der Waals surface area contributed by atoms with Gasteiger partial charge in [0.05, 0.1) is 41.7 Å². The Morgan fingerprint density at radius 3 is 2.81 bits per heavy atom. The first-order valence-corrected chi connectivity index (χ1v) is 8.91. The van der Waals surface area contributed by atoms with E-state index in [1.165, 1.54) is 5.56 Å². The molecule has 3 aromatic rings. The fraction of sp³-hybridized carbons (Fsp3) is 0.333. The highest BCUT2D eigenvalue weighted by Gasteiger charge is 2.38. The van der Waals surface area contributed by atoms with Crippen LogP contribution in [0.25, 0.3) is 11.0 Å². The van der Waals surface area contributed by atoms with Crippen LogP contribution in [0.4, 0.5) is 5.69 Å². The largest absolute Gasteiger partial charge is 0.496 e. The molecule has 4 rings (SSSR count). The first-order valence-electron chi connectivity index (χ1n) is 8.91. The van der Waals surface area contributed by atoms with E-state index in [0.717, 1.165) is 46.6 Å². The first kappa shape index (κ1) is 17.4. The molecule has 2 aromatic carbocycles. The number of ether oxygens (including phenoxy) is 2. The van der Waals surface area contributed by atoms with Crippen LogP contribution in [0.1, 0.15) is 29.2 Å². The van der Waals surface area contributed by atoms with Crippen molar-refractivity contribution in [1.82, 2.24) is 9.55 Å². The number of imidazole rings is 1. The van der Waals surface area contributed by atoms with Gasteiger partial charge in [-0.1, -0.05) is 0 Å². The molecule has 1 N–H and O–H groups in total. The average molecular weight is 362 g/mol. The number of fused-ring (bicyclic) bond motifs is 2. The van der Waals surface area contributed by atoms with E-state index in [4.69, 9.17) is 14.7 Å². The summed E-state index contributed by atoms with van der Waals surface area (Å²) in [7, 11) is 3.39. The predicted molar refractivity (Wildman–Crippen MR) is 104 cm³/mol. The molecule has 6 heteroatoms. The fourth-order valence-corrected chi connectivity index (χ4v) is 4.07. The molecular formula is C21H22N4O2. The lowest BCUT2D eigenvalue weighted by Gasteiger charge is -2.34. The van der Waals surface area contributed by atoms with Gasteiger partial charge >= 0.3 is 0 Å². The van der Waals surface area contributed by atoms with E-state index in [9.17, 15) is 0 Å². The van der Waals surface area contributed by atoms with Gasteiger partial charge in [-0.2, -0.15) is 5.26 Å². The van der Waals surface area contributed by atoms with Gasteiger partial charge in [-0.3, -0.25) is 4.57 Å². The van der Waals surface area contributed by atoms with E-state index >= 15 is 0 Å². The van der Waals surface area contributed by atoms with E-state index in [2.05, 4.69) is 29.4 Å². The van der Waals surface area contributed by atoms with E-state index in [1.807, 2.05) is 17.6 Å². The normalized spacial score (nSPS) is 15.1. The number of hydrogen-bond acceptors (Lipinski definition) is 5. The number of hydrogen-bond donors (Lipinski definition) is 1. The van der Waals surface area contributed by atoms with Crippen LogP contribution in [-0.2, 0) is 16.9 Å². The second kappa shape index (κ2) is 6.29. The minimum Gasteiger partial charge on any atom is -0.496 e. The maximum Gasteiger partial charge on any atom is 0.172 e. The Kier molecular flexibility index (Phi) is 4.05.